The van der Waals surface area contributed by atoms with Gasteiger partial charge in [-0.3, -0.25) is 4.99 Å². The zero-order valence-corrected chi connectivity index (χ0v) is 21.6. The van der Waals surface area contributed by atoms with E-state index >= 15 is 0 Å². The molecule has 1 aliphatic heterocycles. The summed E-state index contributed by atoms with van der Waals surface area (Å²) < 4.78 is 42.9. The summed E-state index contributed by atoms with van der Waals surface area (Å²) in [5.74, 6) is -0.224. The number of halogens is 5. The van der Waals surface area contributed by atoms with Crippen LogP contribution in [0.4, 0.5) is 13.2 Å². The lowest BCUT2D eigenvalue weighted by Gasteiger charge is -2.14. The first-order valence-corrected chi connectivity index (χ1v) is 12.8. The molecular formula is C26H19Cl2F3N3O2S+. The Morgan fingerprint density at radius 3 is 2.57 bits per heavy atom. The van der Waals surface area contributed by atoms with Gasteiger partial charge in [0.1, 0.15) is 6.54 Å². The zero-order chi connectivity index (χ0) is 26.5. The predicted molar refractivity (Wildman–Crippen MR) is 141 cm³/mol. The van der Waals surface area contributed by atoms with Gasteiger partial charge in [0, 0.05) is 16.1 Å². The van der Waals surface area contributed by atoms with Crippen LogP contribution in [-0.2, 0) is 12.7 Å². The standard InChI is InChI=1S/C26H18Cl2F3N3O2S/c1-14-4-3-9-33-22(14)34(13-18-12-32-25(28)37-18)24(36)21(23(33)35)16-6-2-5-15(10-16)19-8-7-17(11-20(19)27)26(29,30)31/h2-11,18H,12-13H2,1H3/p+1. The first kappa shape index (κ1) is 25.6. The summed E-state index contributed by atoms with van der Waals surface area (Å²) in [6.07, 6.45) is -2.89. The highest BCUT2D eigenvalue weighted by Crippen LogP contribution is 2.37. The van der Waals surface area contributed by atoms with E-state index in [9.17, 15) is 23.1 Å². The molecule has 0 bridgehead atoms. The van der Waals surface area contributed by atoms with Crippen molar-refractivity contribution in [3.8, 4) is 28.1 Å². The molecule has 0 spiro atoms. The molecule has 5 rings (SSSR count). The number of aromatic nitrogens is 2. The number of aryl methyl sites for hydroxylation is 1. The Hall–Kier alpha value is -3.01. The van der Waals surface area contributed by atoms with E-state index in [0.29, 0.717) is 39.9 Å². The Morgan fingerprint density at radius 1 is 1.14 bits per heavy atom. The maximum Gasteiger partial charge on any atom is 0.416 e. The molecule has 11 heteroatoms. The summed E-state index contributed by atoms with van der Waals surface area (Å²) >= 11 is 13.7. The lowest BCUT2D eigenvalue weighted by molar-refractivity contribution is -0.679. The number of hydrogen-bond acceptors (Lipinski definition) is 4. The fourth-order valence-corrected chi connectivity index (χ4v) is 5.98. The predicted octanol–water partition coefficient (Wildman–Crippen LogP) is 6.32. The van der Waals surface area contributed by atoms with E-state index in [0.717, 1.165) is 17.7 Å². The molecule has 1 N–H and O–H groups in total. The Morgan fingerprint density at radius 2 is 1.89 bits per heavy atom. The molecule has 0 saturated heterocycles. The van der Waals surface area contributed by atoms with Crippen LogP contribution < -0.4 is 10.1 Å². The minimum absolute atomic E-state index is 0.0329. The quantitative estimate of drug-likeness (QED) is 0.295. The number of rotatable bonds is 4. The number of fused-ring (bicyclic) bond motifs is 1. The third kappa shape index (κ3) is 4.83. The van der Waals surface area contributed by atoms with Crippen molar-refractivity contribution in [2.75, 3.05) is 6.54 Å². The summed E-state index contributed by atoms with van der Waals surface area (Å²) in [7, 11) is 0. The SMILES string of the molecule is Cc1cccn2c(=O)c(-c3cccc(-c4ccc(C(F)(F)F)cc4Cl)c3)c(O)[n+](CC3CN=C(Cl)S3)c12. The average Bonchev–Trinajstić information content (AvgIpc) is 3.26. The first-order valence-electron chi connectivity index (χ1n) is 11.2. The molecule has 0 fully saturated rings. The van der Waals surface area contributed by atoms with Gasteiger partial charge < -0.3 is 5.11 Å². The van der Waals surface area contributed by atoms with Crippen molar-refractivity contribution in [2.24, 2.45) is 4.99 Å². The van der Waals surface area contributed by atoms with E-state index in [1.165, 1.54) is 22.2 Å². The normalized spacial score (nSPS) is 15.8. The molecule has 2 aromatic heterocycles. The van der Waals surface area contributed by atoms with Crippen LogP contribution in [0.25, 0.3) is 27.9 Å². The lowest BCUT2D eigenvalue weighted by atomic mass is 9.99. The number of pyridine rings is 1. The third-order valence-corrected chi connectivity index (χ3v) is 7.81. The highest BCUT2D eigenvalue weighted by atomic mass is 35.5. The molecular weight excluding hydrogens is 546 g/mol. The van der Waals surface area contributed by atoms with Crippen LogP contribution in [-0.4, -0.2) is 25.8 Å². The van der Waals surface area contributed by atoms with E-state index in [-0.39, 0.29) is 21.7 Å². The molecule has 1 aliphatic rings. The molecule has 5 nitrogen and oxygen atoms in total. The fourth-order valence-electron chi connectivity index (χ4n) is 4.44. The van der Waals surface area contributed by atoms with Gasteiger partial charge >= 0.3 is 11.7 Å². The summed E-state index contributed by atoms with van der Waals surface area (Å²) in [6, 6.07) is 13.3. The van der Waals surface area contributed by atoms with Gasteiger partial charge in [0.2, 0.25) is 0 Å². The van der Waals surface area contributed by atoms with E-state index < -0.39 is 17.3 Å². The van der Waals surface area contributed by atoms with Crippen molar-refractivity contribution in [1.82, 2.24) is 4.40 Å². The highest BCUT2D eigenvalue weighted by Gasteiger charge is 2.32. The van der Waals surface area contributed by atoms with Crippen molar-refractivity contribution in [3.05, 3.63) is 87.3 Å². The second-order valence-electron chi connectivity index (χ2n) is 8.61. The van der Waals surface area contributed by atoms with Crippen LogP contribution in [0.3, 0.4) is 0 Å². The summed E-state index contributed by atoms with van der Waals surface area (Å²) in [5, 5.41) is 11.3. The molecule has 190 valence electrons. The molecule has 2 aromatic carbocycles. The molecule has 1 unspecified atom stereocenters. The Balaban J connectivity index is 1.67. The van der Waals surface area contributed by atoms with E-state index in [2.05, 4.69) is 4.99 Å². The van der Waals surface area contributed by atoms with Gasteiger partial charge in [-0.05, 0) is 48.4 Å². The number of benzene rings is 2. The van der Waals surface area contributed by atoms with Crippen LogP contribution in [0, 0.1) is 6.92 Å². The lowest BCUT2D eigenvalue weighted by Crippen LogP contribution is -2.45. The molecule has 0 saturated carbocycles. The van der Waals surface area contributed by atoms with Crippen molar-refractivity contribution in [3.63, 3.8) is 0 Å². The van der Waals surface area contributed by atoms with Crippen molar-refractivity contribution < 1.29 is 22.8 Å². The summed E-state index contributed by atoms with van der Waals surface area (Å²) in [4.78, 5) is 17.8. The average molecular weight is 565 g/mol. The molecule has 1 atom stereocenters. The van der Waals surface area contributed by atoms with Gasteiger partial charge in [-0.2, -0.15) is 22.1 Å². The number of hydrogen-bond donors (Lipinski definition) is 1. The van der Waals surface area contributed by atoms with Crippen LogP contribution in [0.2, 0.25) is 5.02 Å². The van der Waals surface area contributed by atoms with Gasteiger partial charge in [0.15, 0.2) is 10.1 Å². The fraction of sp³-hybridized carbons (Fsp3) is 0.192. The van der Waals surface area contributed by atoms with Gasteiger partial charge in [-0.25, -0.2) is 4.79 Å². The van der Waals surface area contributed by atoms with E-state index in [1.54, 1.807) is 41.1 Å². The van der Waals surface area contributed by atoms with Crippen molar-refractivity contribution >= 4 is 45.1 Å². The van der Waals surface area contributed by atoms with Crippen LogP contribution in [0.15, 0.2) is 70.6 Å². The number of thioether (sulfide) groups is 1. The number of aromatic hydroxyl groups is 1. The second kappa shape index (κ2) is 9.70. The molecule has 0 amide bonds. The number of nitrogens with zero attached hydrogens (tertiary/aromatic N) is 3. The third-order valence-electron chi connectivity index (χ3n) is 6.16. The molecule has 0 aliphatic carbocycles. The Kier molecular flexibility index (Phi) is 6.72. The maximum atomic E-state index is 13.6. The van der Waals surface area contributed by atoms with Crippen molar-refractivity contribution in [2.45, 2.75) is 24.9 Å². The Bertz CT molecular complexity index is 1640. The minimum Gasteiger partial charge on any atom is -0.477 e. The van der Waals surface area contributed by atoms with Gasteiger partial charge in [0.25, 0.3) is 11.5 Å². The molecule has 3 heterocycles. The van der Waals surface area contributed by atoms with Crippen LogP contribution in [0.5, 0.6) is 5.88 Å². The smallest absolute Gasteiger partial charge is 0.416 e. The maximum absolute atomic E-state index is 13.6. The van der Waals surface area contributed by atoms with Crippen LogP contribution in [0.1, 0.15) is 11.1 Å². The molecule has 37 heavy (non-hydrogen) atoms. The highest BCUT2D eigenvalue weighted by molar-refractivity contribution is 8.17. The van der Waals surface area contributed by atoms with Gasteiger partial charge in [-0.1, -0.05) is 59.2 Å². The number of aliphatic imine (C=N–C) groups is 1. The summed E-state index contributed by atoms with van der Waals surface area (Å²) in [5.41, 5.74) is 1.37. The first-order chi connectivity index (χ1) is 17.5. The largest absolute Gasteiger partial charge is 0.477 e. The van der Waals surface area contributed by atoms with Gasteiger partial charge in [-0.15, -0.1) is 0 Å². The van der Waals surface area contributed by atoms with Gasteiger partial charge in [0.05, 0.1) is 23.6 Å². The zero-order valence-electron chi connectivity index (χ0n) is 19.3. The molecule has 4 aromatic rings. The van der Waals surface area contributed by atoms with Crippen molar-refractivity contribution in [1.29, 1.82) is 0 Å². The van der Waals surface area contributed by atoms with Crippen LogP contribution >= 0.6 is 35.0 Å². The monoisotopic (exact) mass is 564 g/mol. The number of alkyl halides is 3. The molecule has 0 radical (unpaired) electrons. The van der Waals surface area contributed by atoms with E-state index in [1.807, 2.05) is 13.0 Å². The topological polar surface area (TPSA) is 58.0 Å². The second-order valence-corrected chi connectivity index (χ2v) is 10.9. The summed E-state index contributed by atoms with van der Waals surface area (Å²) in [6.45, 7) is 2.68. The minimum atomic E-state index is -4.52. The Labute approximate surface area is 223 Å². The van der Waals surface area contributed by atoms with E-state index in [4.69, 9.17) is 23.2 Å².